The van der Waals surface area contributed by atoms with Crippen molar-refractivity contribution < 1.29 is 9.57 Å². The van der Waals surface area contributed by atoms with E-state index in [1.165, 1.54) is 11.1 Å². The molecule has 1 aliphatic heterocycles. The van der Waals surface area contributed by atoms with Crippen molar-refractivity contribution in [1.29, 1.82) is 0 Å². The molecule has 1 aromatic rings. The van der Waals surface area contributed by atoms with E-state index in [2.05, 4.69) is 44.5 Å². The maximum atomic E-state index is 5.98. The number of rotatable bonds is 2. The molecular formula is C13H19NO2. The maximum Gasteiger partial charge on any atom is 0.125 e. The van der Waals surface area contributed by atoms with E-state index in [-0.39, 0.29) is 11.6 Å². The van der Waals surface area contributed by atoms with E-state index in [0.717, 1.165) is 12.2 Å². The Balaban J connectivity index is 2.38. The molecule has 0 saturated carbocycles. The van der Waals surface area contributed by atoms with Gasteiger partial charge in [0.1, 0.15) is 11.4 Å². The summed E-state index contributed by atoms with van der Waals surface area (Å²) in [6.45, 7) is 6.27. The van der Waals surface area contributed by atoms with Gasteiger partial charge in [-0.3, -0.25) is 0 Å². The molecule has 0 aliphatic carbocycles. The zero-order chi connectivity index (χ0) is 11.8. The molecule has 88 valence electrons. The van der Waals surface area contributed by atoms with Crippen molar-refractivity contribution in [2.24, 2.45) is 0 Å². The summed E-state index contributed by atoms with van der Waals surface area (Å²) in [7, 11) is 1.65. The molecule has 0 amide bonds. The van der Waals surface area contributed by atoms with Crippen LogP contribution in [0, 0.1) is 6.92 Å². The summed E-state index contributed by atoms with van der Waals surface area (Å²) in [6, 6.07) is 6.49. The van der Waals surface area contributed by atoms with Gasteiger partial charge in [0.2, 0.25) is 0 Å². The molecule has 1 atom stereocenters. The number of hydrogen-bond acceptors (Lipinski definition) is 3. The second-order valence-corrected chi connectivity index (χ2v) is 4.98. The molecule has 1 aromatic carbocycles. The monoisotopic (exact) mass is 221 g/mol. The number of hydroxylamine groups is 1. The predicted molar refractivity (Wildman–Crippen MR) is 63.4 cm³/mol. The fourth-order valence-electron chi connectivity index (χ4n) is 2.21. The molecule has 1 heterocycles. The van der Waals surface area contributed by atoms with Crippen molar-refractivity contribution in [1.82, 2.24) is 5.48 Å². The summed E-state index contributed by atoms with van der Waals surface area (Å²) in [5, 5.41) is 0. The molecule has 0 fully saturated rings. The average molecular weight is 221 g/mol. The molecule has 0 aromatic heterocycles. The Morgan fingerprint density at radius 3 is 2.88 bits per heavy atom. The summed E-state index contributed by atoms with van der Waals surface area (Å²) < 4.78 is 5.98. The van der Waals surface area contributed by atoms with E-state index in [0.29, 0.717) is 0 Å². The molecule has 0 bridgehead atoms. The maximum absolute atomic E-state index is 5.98. The Labute approximate surface area is 96.7 Å². The number of fused-ring (bicyclic) bond motifs is 1. The highest BCUT2D eigenvalue weighted by Gasteiger charge is 2.33. The molecule has 16 heavy (non-hydrogen) atoms. The SMILES string of the molecule is CONC1CC(C)(C)Oc2cc(C)ccc21. The molecule has 2 rings (SSSR count). The third kappa shape index (κ3) is 2.20. The van der Waals surface area contributed by atoms with Crippen molar-refractivity contribution in [3.05, 3.63) is 29.3 Å². The van der Waals surface area contributed by atoms with Crippen LogP contribution in [-0.2, 0) is 4.84 Å². The first-order valence-corrected chi connectivity index (χ1v) is 5.60. The third-order valence-electron chi connectivity index (χ3n) is 2.89. The lowest BCUT2D eigenvalue weighted by molar-refractivity contribution is 0.00295. The molecular weight excluding hydrogens is 202 g/mol. The molecule has 0 saturated heterocycles. The van der Waals surface area contributed by atoms with Crippen LogP contribution in [0.1, 0.15) is 37.4 Å². The minimum atomic E-state index is -0.156. The van der Waals surface area contributed by atoms with Crippen LogP contribution in [-0.4, -0.2) is 12.7 Å². The van der Waals surface area contributed by atoms with Crippen LogP contribution in [0.25, 0.3) is 0 Å². The minimum absolute atomic E-state index is 0.156. The fourth-order valence-corrected chi connectivity index (χ4v) is 2.21. The van der Waals surface area contributed by atoms with Gasteiger partial charge in [0, 0.05) is 12.0 Å². The molecule has 3 nitrogen and oxygen atoms in total. The van der Waals surface area contributed by atoms with Crippen LogP contribution < -0.4 is 10.2 Å². The van der Waals surface area contributed by atoms with Gasteiger partial charge in [-0.15, -0.1) is 0 Å². The second kappa shape index (κ2) is 4.07. The van der Waals surface area contributed by atoms with E-state index in [4.69, 9.17) is 9.57 Å². The van der Waals surface area contributed by atoms with Gasteiger partial charge < -0.3 is 9.57 Å². The van der Waals surface area contributed by atoms with Crippen LogP contribution in [0.5, 0.6) is 5.75 Å². The zero-order valence-corrected chi connectivity index (χ0v) is 10.3. The van der Waals surface area contributed by atoms with Gasteiger partial charge in [-0.2, -0.15) is 5.48 Å². The van der Waals surface area contributed by atoms with Gasteiger partial charge in [0.15, 0.2) is 0 Å². The predicted octanol–water partition coefficient (Wildman–Crippen LogP) is 2.75. The largest absolute Gasteiger partial charge is 0.487 e. The average Bonchev–Trinajstić information content (AvgIpc) is 2.15. The van der Waals surface area contributed by atoms with Gasteiger partial charge in [0.05, 0.1) is 13.2 Å². The smallest absolute Gasteiger partial charge is 0.125 e. The van der Waals surface area contributed by atoms with Crippen LogP contribution in [0.4, 0.5) is 0 Å². The Morgan fingerprint density at radius 1 is 1.44 bits per heavy atom. The molecule has 1 N–H and O–H groups in total. The lowest BCUT2D eigenvalue weighted by atomic mass is 9.90. The summed E-state index contributed by atoms with van der Waals surface area (Å²) in [6.07, 6.45) is 0.900. The summed E-state index contributed by atoms with van der Waals surface area (Å²) in [5.74, 6) is 0.964. The normalized spacial score (nSPS) is 22.4. The van der Waals surface area contributed by atoms with Gasteiger partial charge in [0.25, 0.3) is 0 Å². The van der Waals surface area contributed by atoms with E-state index >= 15 is 0 Å². The summed E-state index contributed by atoms with van der Waals surface area (Å²) in [4.78, 5) is 5.06. The van der Waals surface area contributed by atoms with Gasteiger partial charge in [-0.25, -0.2) is 0 Å². The molecule has 3 heteroatoms. The Morgan fingerprint density at radius 2 is 2.19 bits per heavy atom. The van der Waals surface area contributed by atoms with Crippen molar-refractivity contribution in [2.45, 2.75) is 38.8 Å². The summed E-state index contributed by atoms with van der Waals surface area (Å²) >= 11 is 0. The first-order valence-electron chi connectivity index (χ1n) is 5.60. The van der Waals surface area contributed by atoms with Crippen molar-refractivity contribution in [2.75, 3.05) is 7.11 Å². The van der Waals surface area contributed by atoms with Crippen LogP contribution in [0.15, 0.2) is 18.2 Å². The molecule has 0 radical (unpaired) electrons. The summed E-state index contributed by atoms with van der Waals surface area (Å²) in [5.41, 5.74) is 5.27. The number of ether oxygens (including phenoxy) is 1. The van der Waals surface area contributed by atoms with Gasteiger partial charge >= 0.3 is 0 Å². The van der Waals surface area contributed by atoms with Crippen LogP contribution >= 0.6 is 0 Å². The minimum Gasteiger partial charge on any atom is -0.487 e. The van der Waals surface area contributed by atoms with E-state index in [9.17, 15) is 0 Å². The quantitative estimate of drug-likeness (QED) is 0.779. The molecule has 0 spiro atoms. The lowest BCUT2D eigenvalue weighted by Crippen LogP contribution is -2.39. The Bertz CT molecular complexity index is 388. The van der Waals surface area contributed by atoms with Crippen molar-refractivity contribution in [3.8, 4) is 5.75 Å². The topological polar surface area (TPSA) is 30.5 Å². The standard InChI is InChI=1S/C13H19NO2/c1-9-5-6-10-11(14-15-4)8-13(2,3)16-12(10)7-9/h5-7,11,14H,8H2,1-4H3. The number of benzene rings is 1. The highest BCUT2D eigenvalue weighted by molar-refractivity contribution is 5.41. The molecule has 1 aliphatic rings. The second-order valence-electron chi connectivity index (χ2n) is 4.98. The van der Waals surface area contributed by atoms with E-state index in [1.54, 1.807) is 7.11 Å². The first kappa shape index (κ1) is 11.4. The van der Waals surface area contributed by atoms with E-state index < -0.39 is 0 Å². The van der Waals surface area contributed by atoms with Gasteiger partial charge in [-0.1, -0.05) is 12.1 Å². The first-order chi connectivity index (χ1) is 7.52. The van der Waals surface area contributed by atoms with Crippen molar-refractivity contribution >= 4 is 0 Å². The van der Waals surface area contributed by atoms with Crippen molar-refractivity contribution in [3.63, 3.8) is 0 Å². The van der Waals surface area contributed by atoms with Crippen LogP contribution in [0.3, 0.4) is 0 Å². The van der Waals surface area contributed by atoms with E-state index in [1.807, 2.05) is 0 Å². The Hall–Kier alpha value is -1.06. The van der Waals surface area contributed by atoms with Gasteiger partial charge in [-0.05, 0) is 32.4 Å². The Kier molecular flexibility index (Phi) is 2.91. The van der Waals surface area contributed by atoms with Crippen LogP contribution in [0.2, 0.25) is 0 Å². The molecule has 1 unspecified atom stereocenters. The number of nitrogens with one attached hydrogen (secondary N) is 1. The fraction of sp³-hybridized carbons (Fsp3) is 0.538. The number of hydrogen-bond donors (Lipinski definition) is 1. The zero-order valence-electron chi connectivity index (χ0n) is 10.3. The third-order valence-corrected chi connectivity index (χ3v) is 2.89. The lowest BCUT2D eigenvalue weighted by Gasteiger charge is -2.37. The highest BCUT2D eigenvalue weighted by Crippen LogP contribution is 2.39. The number of aryl methyl sites for hydroxylation is 1. The highest BCUT2D eigenvalue weighted by atomic mass is 16.6.